The van der Waals surface area contributed by atoms with Crippen molar-refractivity contribution >= 4 is 39.3 Å². The average Bonchev–Trinajstić information content (AvgIpc) is 2.70. The van der Waals surface area contributed by atoms with Crippen LogP contribution in [-0.4, -0.2) is 10.5 Å². The van der Waals surface area contributed by atoms with Crippen LogP contribution in [0.3, 0.4) is 0 Å². The molecule has 7 heteroatoms. The SMILES string of the molecule is CCC/C=C/C=S(/Oc1c(Cl)c(Cl)c(O)c(C#N)c1C#N)c1ccccc1. The predicted octanol–water partition coefficient (Wildman–Crippen LogP) is 6.22. The van der Waals surface area contributed by atoms with E-state index < -0.39 is 16.5 Å². The topological polar surface area (TPSA) is 77.0 Å². The number of allylic oxidation sites excluding steroid dienone is 2. The van der Waals surface area contributed by atoms with E-state index in [4.69, 9.17) is 27.4 Å². The number of nitrogens with zero attached hydrogens (tertiary/aromatic N) is 2. The van der Waals surface area contributed by atoms with Crippen LogP contribution in [0.25, 0.3) is 0 Å². The standard InChI is InChI=1S/C20H16Cl2N2O2S/c1-2-3-4-8-11-27(14-9-6-5-7-10-14)26-20-16(13-24)15(12-23)19(25)17(21)18(20)22/h4-11,25H,2-3H2,1H3/b8-4+. The number of hydrogen-bond acceptors (Lipinski definition) is 4. The van der Waals surface area contributed by atoms with Crippen molar-refractivity contribution in [2.45, 2.75) is 24.7 Å². The highest BCUT2D eigenvalue weighted by molar-refractivity contribution is 8.11. The first-order valence-corrected chi connectivity index (χ1v) is 10.0. The molecular formula is C20H16Cl2N2O2S. The summed E-state index contributed by atoms with van der Waals surface area (Å²) in [5.74, 6) is -0.551. The molecule has 2 rings (SSSR count). The predicted molar refractivity (Wildman–Crippen MR) is 111 cm³/mol. The Hall–Kier alpha value is -2.44. The molecule has 4 nitrogen and oxygen atoms in total. The van der Waals surface area contributed by atoms with Gasteiger partial charge in [-0.1, -0.05) is 66.9 Å². The Morgan fingerprint density at radius 1 is 1.11 bits per heavy atom. The van der Waals surface area contributed by atoms with E-state index >= 15 is 0 Å². The number of benzene rings is 2. The van der Waals surface area contributed by atoms with E-state index in [0.29, 0.717) is 0 Å². The van der Waals surface area contributed by atoms with Gasteiger partial charge in [-0.3, -0.25) is 0 Å². The molecule has 1 unspecified atom stereocenters. The van der Waals surface area contributed by atoms with Gasteiger partial charge in [0.05, 0.1) is 0 Å². The third-order valence-electron chi connectivity index (χ3n) is 3.48. The number of rotatable bonds is 6. The quantitative estimate of drug-likeness (QED) is 0.445. The first-order valence-electron chi connectivity index (χ1n) is 8.05. The summed E-state index contributed by atoms with van der Waals surface area (Å²) in [5, 5.41) is 30.3. The molecule has 0 radical (unpaired) electrons. The maximum absolute atomic E-state index is 10.0. The summed E-state index contributed by atoms with van der Waals surface area (Å²) in [6.07, 6.45) is 5.86. The summed E-state index contributed by atoms with van der Waals surface area (Å²) >= 11 is 12.2. The Labute approximate surface area is 171 Å². The monoisotopic (exact) mass is 418 g/mol. The number of unbranched alkanes of at least 4 members (excludes halogenated alkanes) is 1. The normalized spacial score (nSPS) is 11.9. The first kappa shape index (κ1) is 20.9. The maximum Gasteiger partial charge on any atom is 0.176 e. The second kappa shape index (κ2) is 10.0. The van der Waals surface area contributed by atoms with Gasteiger partial charge < -0.3 is 9.29 Å². The molecule has 0 fully saturated rings. The van der Waals surface area contributed by atoms with E-state index in [1.807, 2.05) is 53.9 Å². The number of phenolic OH excluding ortho intramolecular Hbond substituents is 1. The molecule has 2 aromatic carbocycles. The number of aromatic hydroxyl groups is 1. The Kier molecular flexibility index (Phi) is 7.76. The second-order valence-corrected chi connectivity index (χ2v) is 7.59. The zero-order valence-corrected chi connectivity index (χ0v) is 16.8. The molecule has 1 atom stereocenters. The van der Waals surface area contributed by atoms with E-state index in [9.17, 15) is 15.6 Å². The van der Waals surface area contributed by atoms with Crippen molar-refractivity contribution in [2.75, 3.05) is 0 Å². The van der Waals surface area contributed by atoms with Crippen molar-refractivity contribution in [1.29, 1.82) is 10.5 Å². The molecule has 138 valence electrons. The highest BCUT2D eigenvalue weighted by Crippen LogP contribution is 2.46. The fraction of sp³-hybridized carbons (Fsp3) is 0.150. The number of nitriles is 2. The summed E-state index contributed by atoms with van der Waals surface area (Å²) in [4.78, 5) is 0.862. The highest BCUT2D eigenvalue weighted by Gasteiger charge is 2.24. The van der Waals surface area contributed by atoms with E-state index in [2.05, 4.69) is 6.92 Å². The lowest BCUT2D eigenvalue weighted by Gasteiger charge is -2.16. The van der Waals surface area contributed by atoms with Gasteiger partial charge in [-0.15, -0.1) is 0 Å². The summed E-state index contributed by atoms with van der Waals surface area (Å²) in [6, 6.07) is 13.1. The molecule has 0 aromatic heterocycles. The van der Waals surface area contributed by atoms with Crippen molar-refractivity contribution in [1.82, 2.24) is 0 Å². The molecule has 0 saturated carbocycles. The molecule has 0 heterocycles. The third kappa shape index (κ3) is 4.84. The number of halogens is 2. The van der Waals surface area contributed by atoms with Crippen LogP contribution in [-0.2, 0) is 0 Å². The fourth-order valence-electron chi connectivity index (χ4n) is 2.14. The molecule has 0 spiro atoms. The minimum Gasteiger partial charge on any atom is -0.505 e. The van der Waals surface area contributed by atoms with Crippen LogP contribution in [0, 0.1) is 22.7 Å². The van der Waals surface area contributed by atoms with Crippen molar-refractivity contribution in [3.05, 3.63) is 63.7 Å². The maximum atomic E-state index is 10.0. The molecule has 0 aliphatic rings. The summed E-state index contributed by atoms with van der Waals surface area (Å²) in [7, 11) is -0.887. The molecule has 0 saturated heterocycles. The smallest absolute Gasteiger partial charge is 0.176 e. The zero-order valence-electron chi connectivity index (χ0n) is 14.4. The van der Waals surface area contributed by atoms with Crippen molar-refractivity contribution in [2.24, 2.45) is 0 Å². The van der Waals surface area contributed by atoms with E-state index in [-0.39, 0.29) is 26.9 Å². The van der Waals surface area contributed by atoms with E-state index in [1.54, 1.807) is 6.07 Å². The molecule has 0 aliphatic heterocycles. The van der Waals surface area contributed by atoms with Gasteiger partial charge in [-0.25, -0.2) is 0 Å². The van der Waals surface area contributed by atoms with Crippen LogP contribution in [0.1, 0.15) is 30.9 Å². The Bertz CT molecular complexity index is 974. The van der Waals surface area contributed by atoms with E-state index in [0.717, 1.165) is 17.7 Å². The average molecular weight is 419 g/mol. The van der Waals surface area contributed by atoms with Gasteiger partial charge >= 0.3 is 0 Å². The molecule has 0 amide bonds. The van der Waals surface area contributed by atoms with Crippen molar-refractivity contribution < 1.29 is 9.29 Å². The Balaban J connectivity index is 2.61. The Morgan fingerprint density at radius 3 is 2.37 bits per heavy atom. The number of phenols is 1. The highest BCUT2D eigenvalue weighted by atomic mass is 35.5. The van der Waals surface area contributed by atoms with Crippen molar-refractivity contribution in [3.63, 3.8) is 0 Å². The largest absolute Gasteiger partial charge is 0.505 e. The molecule has 2 aromatic rings. The van der Waals surface area contributed by atoms with Gasteiger partial charge in [-0.05, 0) is 18.6 Å². The minimum atomic E-state index is -0.887. The third-order valence-corrected chi connectivity index (χ3v) is 5.79. The van der Waals surface area contributed by atoms with Gasteiger partial charge in [-0.2, -0.15) is 10.5 Å². The zero-order chi connectivity index (χ0) is 19.8. The van der Waals surface area contributed by atoms with Crippen LogP contribution >= 0.6 is 34.0 Å². The molecule has 1 N–H and O–H groups in total. The fourth-order valence-corrected chi connectivity index (χ4v) is 3.92. The van der Waals surface area contributed by atoms with Crippen LogP contribution in [0.15, 0.2) is 47.4 Å². The lowest BCUT2D eigenvalue weighted by molar-refractivity contribution is 0.472. The molecule has 27 heavy (non-hydrogen) atoms. The van der Waals surface area contributed by atoms with Crippen LogP contribution in [0.4, 0.5) is 0 Å². The van der Waals surface area contributed by atoms with Crippen LogP contribution in [0.5, 0.6) is 11.5 Å². The van der Waals surface area contributed by atoms with Crippen molar-refractivity contribution in [3.8, 4) is 23.6 Å². The second-order valence-electron chi connectivity index (χ2n) is 5.33. The van der Waals surface area contributed by atoms with E-state index in [1.165, 1.54) is 0 Å². The number of hydrogen-bond donors (Lipinski definition) is 1. The van der Waals surface area contributed by atoms with Gasteiger partial charge in [0.1, 0.15) is 33.3 Å². The first-order chi connectivity index (χ1) is 13.0. The summed E-state index contributed by atoms with van der Waals surface area (Å²) in [6.45, 7) is 2.08. The minimum absolute atomic E-state index is 0.0224. The van der Waals surface area contributed by atoms with Crippen LogP contribution < -0.4 is 4.18 Å². The van der Waals surface area contributed by atoms with Gasteiger partial charge in [0, 0.05) is 21.0 Å². The summed E-state index contributed by atoms with van der Waals surface area (Å²) in [5.41, 5.74) is -0.413. The van der Waals surface area contributed by atoms with Crippen LogP contribution in [0.2, 0.25) is 10.0 Å². The lowest BCUT2D eigenvalue weighted by Crippen LogP contribution is -1.97. The Morgan fingerprint density at radius 2 is 1.78 bits per heavy atom. The summed E-state index contributed by atoms with van der Waals surface area (Å²) < 4.78 is 6.03. The van der Waals surface area contributed by atoms with Gasteiger partial charge in [0.25, 0.3) is 0 Å². The molecule has 0 bridgehead atoms. The van der Waals surface area contributed by atoms with Gasteiger partial charge in [0.2, 0.25) is 0 Å². The van der Waals surface area contributed by atoms with Gasteiger partial charge in [0.15, 0.2) is 11.5 Å². The lowest BCUT2D eigenvalue weighted by atomic mass is 10.1. The molecule has 0 aliphatic carbocycles. The molecular weight excluding hydrogens is 403 g/mol.